The molecule has 2 aromatic carbocycles. The summed E-state index contributed by atoms with van der Waals surface area (Å²) in [5.74, 6) is 0. The fourth-order valence-electron chi connectivity index (χ4n) is 2.39. The third kappa shape index (κ3) is 3.13. The standard InChI is InChI=1S/C18H20S2/c1-12-10-15(19-4)6-8-17(12)14(3)18-9-7-16(20-5)11-13(18)2/h6-11H,1H2,2-5H3/b17-14-. The van der Waals surface area contributed by atoms with Crippen LogP contribution in [0.4, 0.5) is 0 Å². The quantitative estimate of drug-likeness (QED) is 0.784. The third-order valence-corrected chi connectivity index (χ3v) is 5.00. The number of benzene rings is 2. The van der Waals surface area contributed by atoms with E-state index < -0.39 is 0 Å². The zero-order chi connectivity index (χ0) is 14.7. The molecule has 0 saturated carbocycles. The average Bonchev–Trinajstić information content (AvgIpc) is 2.46. The first-order valence-electron chi connectivity index (χ1n) is 6.55. The molecule has 0 atom stereocenters. The summed E-state index contributed by atoms with van der Waals surface area (Å²) < 4.78 is 0. The molecule has 0 heterocycles. The van der Waals surface area contributed by atoms with Crippen molar-refractivity contribution in [3.63, 3.8) is 0 Å². The first-order chi connectivity index (χ1) is 9.56. The lowest BCUT2D eigenvalue weighted by Crippen LogP contribution is -2.25. The Labute approximate surface area is 130 Å². The Morgan fingerprint density at radius 1 is 0.950 bits per heavy atom. The van der Waals surface area contributed by atoms with Gasteiger partial charge in [0.15, 0.2) is 0 Å². The van der Waals surface area contributed by atoms with Crippen LogP contribution < -0.4 is 10.4 Å². The predicted molar refractivity (Wildman–Crippen MR) is 94.1 cm³/mol. The molecule has 2 heteroatoms. The molecule has 2 rings (SSSR count). The number of thioether (sulfide) groups is 2. The van der Waals surface area contributed by atoms with Gasteiger partial charge in [0.05, 0.1) is 0 Å². The molecule has 0 unspecified atom stereocenters. The van der Waals surface area contributed by atoms with Gasteiger partial charge < -0.3 is 0 Å². The molecule has 104 valence electrons. The molecule has 0 aromatic heterocycles. The minimum Gasteiger partial charge on any atom is -0.130 e. The Hall–Kier alpha value is -1.12. The molecule has 2 aromatic rings. The van der Waals surface area contributed by atoms with Gasteiger partial charge in [0, 0.05) is 9.79 Å². The van der Waals surface area contributed by atoms with E-state index in [1.54, 1.807) is 23.5 Å². The van der Waals surface area contributed by atoms with E-state index in [0.29, 0.717) is 0 Å². The highest BCUT2D eigenvalue weighted by Crippen LogP contribution is 2.22. The summed E-state index contributed by atoms with van der Waals surface area (Å²) >= 11 is 3.54. The number of rotatable bonds is 3. The molecule has 20 heavy (non-hydrogen) atoms. The zero-order valence-corrected chi connectivity index (χ0v) is 14.1. The van der Waals surface area contributed by atoms with Crippen molar-refractivity contribution in [3.05, 3.63) is 58.0 Å². The molecule has 0 spiro atoms. The summed E-state index contributed by atoms with van der Waals surface area (Å²) in [5, 5.41) is 2.34. The smallest absolute Gasteiger partial charge is 0.00753 e. The Kier molecular flexibility index (Phi) is 5.00. The van der Waals surface area contributed by atoms with Crippen molar-refractivity contribution in [2.24, 2.45) is 0 Å². The van der Waals surface area contributed by atoms with E-state index in [2.05, 4.69) is 69.3 Å². The summed E-state index contributed by atoms with van der Waals surface area (Å²) in [6.45, 7) is 8.56. The van der Waals surface area contributed by atoms with E-state index >= 15 is 0 Å². The summed E-state index contributed by atoms with van der Waals surface area (Å²) in [5.41, 5.74) is 3.93. The maximum atomic E-state index is 4.20. The summed E-state index contributed by atoms with van der Waals surface area (Å²) in [7, 11) is 0. The van der Waals surface area contributed by atoms with Gasteiger partial charge in [0.2, 0.25) is 0 Å². The average molecular weight is 300 g/mol. The van der Waals surface area contributed by atoms with Crippen molar-refractivity contribution in [1.29, 1.82) is 0 Å². The maximum absolute atomic E-state index is 4.20. The fraction of sp³-hybridized carbons (Fsp3) is 0.222. The van der Waals surface area contributed by atoms with Crippen molar-refractivity contribution in [2.75, 3.05) is 12.5 Å². The summed E-state index contributed by atoms with van der Waals surface area (Å²) in [6, 6.07) is 13.2. The van der Waals surface area contributed by atoms with Crippen LogP contribution in [0.2, 0.25) is 0 Å². The van der Waals surface area contributed by atoms with Crippen LogP contribution in [-0.2, 0) is 0 Å². The molecule has 0 N–H and O–H groups in total. The van der Waals surface area contributed by atoms with Gasteiger partial charge in [-0.25, -0.2) is 0 Å². The minimum absolute atomic E-state index is 1.10. The second kappa shape index (κ2) is 6.55. The van der Waals surface area contributed by atoms with Crippen molar-refractivity contribution in [1.82, 2.24) is 0 Å². The minimum atomic E-state index is 1.10. The lowest BCUT2D eigenvalue weighted by atomic mass is 9.99. The summed E-state index contributed by atoms with van der Waals surface area (Å²) in [6.07, 6.45) is 4.20. The third-order valence-electron chi connectivity index (χ3n) is 3.55. The van der Waals surface area contributed by atoms with Gasteiger partial charge in [-0.2, -0.15) is 0 Å². The molecule has 0 fully saturated rings. The van der Waals surface area contributed by atoms with Crippen molar-refractivity contribution in [3.8, 4) is 0 Å². The SMILES string of the molecule is C=c1cc(SC)cc/c1=C(\C)c1ccc(SC)cc1C. The fourth-order valence-corrected chi connectivity index (χ4v) is 3.35. The van der Waals surface area contributed by atoms with Crippen molar-refractivity contribution < 1.29 is 0 Å². The van der Waals surface area contributed by atoms with Crippen LogP contribution in [-0.4, -0.2) is 12.5 Å². The molecule has 0 aliphatic heterocycles. The van der Waals surface area contributed by atoms with Gasteiger partial charge in [-0.3, -0.25) is 0 Å². The van der Waals surface area contributed by atoms with Crippen LogP contribution >= 0.6 is 23.5 Å². The molecule has 0 nitrogen and oxygen atoms in total. The Morgan fingerprint density at radius 2 is 1.55 bits per heavy atom. The zero-order valence-electron chi connectivity index (χ0n) is 12.5. The lowest BCUT2D eigenvalue weighted by Gasteiger charge is -2.09. The first kappa shape index (κ1) is 15.3. The topological polar surface area (TPSA) is 0 Å². The van der Waals surface area contributed by atoms with Gasteiger partial charge in [0.25, 0.3) is 0 Å². The number of hydrogen-bond acceptors (Lipinski definition) is 2. The molecule has 0 radical (unpaired) electrons. The van der Waals surface area contributed by atoms with E-state index in [0.717, 1.165) is 5.22 Å². The van der Waals surface area contributed by atoms with E-state index in [1.807, 2.05) is 0 Å². The van der Waals surface area contributed by atoms with Gasteiger partial charge in [-0.15, -0.1) is 23.5 Å². The van der Waals surface area contributed by atoms with Crippen molar-refractivity contribution in [2.45, 2.75) is 23.6 Å². The van der Waals surface area contributed by atoms with Crippen LogP contribution in [0, 0.1) is 6.92 Å². The largest absolute Gasteiger partial charge is 0.130 e. The second-order valence-corrected chi connectivity index (χ2v) is 6.59. The molecular weight excluding hydrogens is 280 g/mol. The first-order valence-corrected chi connectivity index (χ1v) is 9.00. The second-order valence-electron chi connectivity index (χ2n) is 4.83. The van der Waals surface area contributed by atoms with Crippen LogP contribution in [0.15, 0.2) is 46.2 Å². The van der Waals surface area contributed by atoms with Crippen LogP contribution in [0.1, 0.15) is 18.1 Å². The van der Waals surface area contributed by atoms with E-state index in [4.69, 9.17) is 0 Å². The highest BCUT2D eigenvalue weighted by Gasteiger charge is 2.03. The number of aryl methyl sites for hydroxylation is 1. The monoisotopic (exact) mass is 300 g/mol. The molecule has 0 aliphatic rings. The van der Waals surface area contributed by atoms with E-state index in [9.17, 15) is 0 Å². The molecular formula is C18H20S2. The Balaban J connectivity index is 2.63. The van der Waals surface area contributed by atoms with Crippen LogP contribution in [0.25, 0.3) is 12.2 Å². The Bertz CT molecular complexity index is 730. The Morgan fingerprint density at radius 3 is 2.10 bits per heavy atom. The molecule has 0 bridgehead atoms. The van der Waals surface area contributed by atoms with E-state index in [-0.39, 0.29) is 0 Å². The van der Waals surface area contributed by atoms with Gasteiger partial charge in [0.1, 0.15) is 0 Å². The normalized spacial score (nSPS) is 12.4. The number of hydrogen-bond donors (Lipinski definition) is 0. The highest BCUT2D eigenvalue weighted by atomic mass is 32.2. The highest BCUT2D eigenvalue weighted by molar-refractivity contribution is 7.98. The predicted octanol–water partition coefficient (Wildman–Crippen LogP) is 4.07. The van der Waals surface area contributed by atoms with Gasteiger partial charge in [-0.1, -0.05) is 18.7 Å². The molecule has 0 aliphatic carbocycles. The summed E-state index contributed by atoms with van der Waals surface area (Å²) in [4.78, 5) is 2.58. The van der Waals surface area contributed by atoms with Crippen molar-refractivity contribution >= 4 is 35.7 Å². The van der Waals surface area contributed by atoms with Gasteiger partial charge in [-0.05, 0) is 77.8 Å². The van der Waals surface area contributed by atoms with Gasteiger partial charge >= 0.3 is 0 Å². The molecule has 0 saturated heterocycles. The lowest BCUT2D eigenvalue weighted by molar-refractivity contribution is 1.30. The van der Waals surface area contributed by atoms with Crippen LogP contribution in [0.3, 0.4) is 0 Å². The van der Waals surface area contributed by atoms with Crippen LogP contribution in [0.5, 0.6) is 0 Å². The molecule has 0 amide bonds. The van der Waals surface area contributed by atoms with E-state index in [1.165, 1.54) is 31.7 Å². The maximum Gasteiger partial charge on any atom is 0.00753 e.